The number of fused-ring (bicyclic) bond motifs is 1. The summed E-state index contributed by atoms with van der Waals surface area (Å²) in [4.78, 5) is 51.4. The molecule has 4 amide bonds. The van der Waals surface area contributed by atoms with Crippen LogP contribution in [0.25, 0.3) is 0 Å². The highest BCUT2D eigenvalue weighted by molar-refractivity contribution is 6.55. The number of piperidine rings is 1. The van der Waals surface area contributed by atoms with Crippen LogP contribution in [0.5, 0.6) is 0 Å². The highest BCUT2D eigenvalue weighted by Crippen LogP contribution is 2.44. The Balaban J connectivity index is 1.85. The Morgan fingerprint density at radius 2 is 1.48 bits per heavy atom. The van der Waals surface area contributed by atoms with E-state index in [-0.39, 0.29) is 37.8 Å². The van der Waals surface area contributed by atoms with Gasteiger partial charge in [0.05, 0.1) is 37.1 Å². The van der Waals surface area contributed by atoms with Gasteiger partial charge in [0.1, 0.15) is 6.54 Å². The van der Waals surface area contributed by atoms with Crippen LogP contribution >= 0.6 is 46.4 Å². The van der Waals surface area contributed by atoms with E-state index >= 15 is 0 Å². The van der Waals surface area contributed by atoms with Crippen molar-refractivity contribution in [1.29, 1.82) is 0 Å². The molecule has 2 heterocycles. The predicted octanol–water partition coefficient (Wildman–Crippen LogP) is 2.62. The van der Waals surface area contributed by atoms with Gasteiger partial charge in [-0.2, -0.15) is 0 Å². The van der Waals surface area contributed by atoms with Gasteiger partial charge in [0.2, 0.25) is 11.8 Å². The third kappa shape index (κ3) is 3.38. The minimum Gasteiger partial charge on any atom is -0.369 e. The number of halogens is 4. The number of amides is 4. The Morgan fingerprint density at radius 1 is 0.963 bits per heavy atom. The van der Waals surface area contributed by atoms with Crippen LogP contribution in [0.2, 0.25) is 20.1 Å². The lowest BCUT2D eigenvalue weighted by Gasteiger charge is -2.32. The largest absolute Gasteiger partial charge is 0.369 e. The van der Waals surface area contributed by atoms with Crippen molar-refractivity contribution in [3.63, 3.8) is 0 Å². The molecule has 2 N–H and O–H groups in total. The molecule has 7 nitrogen and oxygen atoms in total. The molecule has 1 aromatic carbocycles. The summed E-state index contributed by atoms with van der Waals surface area (Å²) >= 11 is 24.0. The van der Waals surface area contributed by atoms with Crippen molar-refractivity contribution >= 4 is 70.0 Å². The monoisotopic (exact) mass is 451 g/mol. The lowest BCUT2D eigenvalue weighted by Crippen LogP contribution is -2.48. The number of primary amides is 1. The Morgan fingerprint density at radius 3 is 1.96 bits per heavy atom. The molecule has 0 aromatic heterocycles. The highest BCUT2D eigenvalue weighted by Gasteiger charge is 2.43. The average Bonchev–Trinajstić information content (AvgIpc) is 2.89. The Kier molecular flexibility index (Phi) is 5.59. The van der Waals surface area contributed by atoms with Crippen LogP contribution < -0.4 is 5.73 Å². The lowest BCUT2D eigenvalue weighted by molar-refractivity contribution is -0.135. The lowest BCUT2D eigenvalue weighted by atomic mass is 9.97. The van der Waals surface area contributed by atoms with E-state index in [0.29, 0.717) is 19.4 Å². The van der Waals surface area contributed by atoms with Gasteiger partial charge in [-0.05, 0) is 12.8 Å². The summed E-state index contributed by atoms with van der Waals surface area (Å²) in [6, 6.07) is 0. The van der Waals surface area contributed by atoms with Crippen molar-refractivity contribution in [3.8, 4) is 0 Å². The molecular weight excluding hydrogens is 440 g/mol. The van der Waals surface area contributed by atoms with E-state index < -0.39 is 36.1 Å². The highest BCUT2D eigenvalue weighted by atomic mass is 35.5. The second-order valence-electron chi connectivity index (χ2n) is 6.28. The molecule has 1 fully saturated rings. The normalized spacial score (nSPS) is 19.5. The summed E-state index contributed by atoms with van der Waals surface area (Å²) in [5.74, 6) is -2.99. The molecule has 0 aliphatic carbocycles. The number of nitrogens with two attached hydrogens (primary N) is 1. The van der Waals surface area contributed by atoms with Crippen LogP contribution in [-0.4, -0.2) is 53.1 Å². The first-order chi connectivity index (χ1) is 12.6. The number of rotatable bonds is 3. The third-order valence-electron chi connectivity index (χ3n) is 4.65. The van der Waals surface area contributed by atoms with Gasteiger partial charge in [0.15, 0.2) is 0 Å². The van der Waals surface area contributed by atoms with E-state index in [1.54, 1.807) is 0 Å². The molecule has 0 bridgehead atoms. The second kappa shape index (κ2) is 7.47. The molecule has 0 spiro atoms. The Hall–Kier alpha value is -1.54. The summed E-state index contributed by atoms with van der Waals surface area (Å²) < 4.78 is 0. The second-order valence-corrected chi connectivity index (χ2v) is 7.80. The van der Waals surface area contributed by atoms with Gasteiger partial charge >= 0.3 is 0 Å². The third-order valence-corrected chi connectivity index (χ3v) is 6.46. The molecule has 0 radical (unpaired) electrons. The maximum Gasteiger partial charge on any atom is 0.263 e. The molecular formula is C16H13Cl4N3O4. The summed E-state index contributed by atoms with van der Waals surface area (Å²) in [5, 5.41) is -0.671. The van der Waals surface area contributed by atoms with Crippen molar-refractivity contribution in [3.05, 3.63) is 31.2 Å². The number of hydrogen-bond donors (Lipinski definition) is 1. The fraction of sp³-hybridized carbons (Fsp3) is 0.375. The van der Waals surface area contributed by atoms with Crippen molar-refractivity contribution in [2.75, 3.05) is 19.6 Å². The Bertz CT molecular complexity index is 842. The van der Waals surface area contributed by atoms with Gasteiger partial charge in [-0.25, -0.2) is 0 Å². The van der Waals surface area contributed by atoms with Gasteiger partial charge in [-0.3, -0.25) is 24.1 Å². The first-order valence-electron chi connectivity index (χ1n) is 7.94. The van der Waals surface area contributed by atoms with E-state index in [0.717, 1.165) is 4.90 Å². The zero-order valence-electron chi connectivity index (χ0n) is 13.7. The molecule has 27 heavy (non-hydrogen) atoms. The molecule has 2 aliphatic heterocycles. The van der Waals surface area contributed by atoms with E-state index in [1.165, 1.54) is 4.90 Å². The number of carbonyl (C=O) groups excluding carboxylic acids is 4. The van der Waals surface area contributed by atoms with Crippen LogP contribution in [0.3, 0.4) is 0 Å². The van der Waals surface area contributed by atoms with E-state index in [9.17, 15) is 19.2 Å². The zero-order chi connectivity index (χ0) is 20.0. The molecule has 0 saturated carbocycles. The summed E-state index contributed by atoms with van der Waals surface area (Å²) in [7, 11) is 0. The van der Waals surface area contributed by atoms with Gasteiger partial charge in [0.25, 0.3) is 11.8 Å². The average molecular weight is 453 g/mol. The van der Waals surface area contributed by atoms with Crippen molar-refractivity contribution in [1.82, 2.24) is 9.80 Å². The minimum absolute atomic E-state index is 0.142. The van der Waals surface area contributed by atoms with Crippen LogP contribution in [0, 0.1) is 5.92 Å². The van der Waals surface area contributed by atoms with Gasteiger partial charge in [-0.1, -0.05) is 46.4 Å². The van der Waals surface area contributed by atoms with Crippen molar-refractivity contribution in [2.24, 2.45) is 11.7 Å². The summed E-state index contributed by atoms with van der Waals surface area (Å²) in [6.45, 7) is 0.0428. The number of benzene rings is 1. The van der Waals surface area contributed by atoms with Gasteiger partial charge in [0, 0.05) is 13.1 Å². The minimum atomic E-state index is -0.780. The van der Waals surface area contributed by atoms with E-state index in [2.05, 4.69) is 0 Å². The maximum absolute atomic E-state index is 12.6. The van der Waals surface area contributed by atoms with Gasteiger partial charge in [-0.15, -0.1) is 0 Å². The number of carbonyl (C=O) groups is 4. The fourth-order valence-electron chi connectivity index (χ4n) is 3.21. The number of hydrogen-bond acceptors (Lipinski definition) is 4. The SMILES string of the molecule is NC(=O)C1CCCN(C(=O)CN2C(=O)c3c(Cl)c(Cl)c(Cl)c(Cl)c3C2=O)C1. The summed E-state index contributed by atoms with van der Waals surface area (Å²) in [5.41, 5.74) is 4.95. The predicted molar refractivity (Wildman–Crippen MR) is 100 cm³/mol. The maximum atomic E-state index is 12.6. The number of likely N-dealkylation sites (tertiary alicyclic amines) is 1. The Labute approximate surface area is 174 Å². The van der Waals surface area contributed by atoms with Crippen LogP contribution in [0.1, 0.15) is 33.6 Å². The van der Waals surface area contributed by atoms with E-state index in [1.807, 2.05) is 0 Å². The molecule has 3 rings (SSSR count). The molecule has 1 saturated heterocycles. The molecule has 1 unspecified atom stereocenters. The van der Waals surface area contributed by atoms with Crippen molar-refractivity contribution in [2.45, 2.75) is 12.8 Å². The zero-order valence-corrected chi connectivity index (χ0v) is 16.8. The fourth-order valence-corrected chi connectivity index (χ4v) is 4.22. The van der Waals surface area contributed by atoms with Crippen LogP contribution in [0.15, 0.2) is 0 Å². The van der Waals surface area contributed by atoms with Crippen LogP contribution in [0.4, 0.5) is 0 Å². The smallest absolute Gasteiger partial charge is 0.263 e. The molecule has 144 valence electrons. The van der Waals surface area contributed by atoms with E-state index in [4.69, 9.17) is 52.1 Å². The summed E-state index contributed by atoms with van der Waals surface area (Å²) in [6.07, 6.45) is 1.19. The first kappa shape index (κ1) is 20.2. The molecule has 11 heteroatoms. The van der Waals surface area contributed by atoms with Crippen molar-refractivity contribution < 1.29 is 19.2 Å². The molecule has 2 aliphatic rings. The topological polar surface area (TPSA) is 101 Å². The molecule has 1 aromatic rings. The quantitative estimate of drug-likeness (QED) is 0.432. The first-order valence-corrected chi connectivity index (χ1v) is 9.45. The number of imide groups is 1. The van der Waals surface area contributed by atoms with Gasteiger partial charge < -0.3 is 10.6 Å². The van der Waals surface area contributed by atoms with Crippen LogP contribution in [-0.2, 0) is 9.59 Å². The molecule has 1 atom stereocenters. The number of nitrogens with zero attached hydrogens (tertiary/aromatic N) is 2. The standard InChI is InChI=1S/C16H13Cl4N3O4/c17-10-8-9(11(18)13(20)12(10)19)16(27)23(15(8)26)5-7(24)22-3-1-2-6(4-22)14(21)25/h6H,1-5H2,(H2,21,25).